The van der Waals surface area contributed by atoms with E-state index in [1.54, 1.807) is 0 Å². The van der Waals surface area contributed by atoms with E-state index >= 15 is 0 Å². The first-order valence-electron chi connectivity index (χ1n) is 6.96. The van der Waals surface area contributed by atoms with E-state index in [0.29, 0.717) is 24.7 Å². The van der Waals surface area contributed by atoms with Crippen molar-refractivity contribution in [3.63, 3.8) is 0 Å². The van der Waals surface area contributed by atoms with E-state index in [2.05, 4.69) is 10.3 Å². The minimum atomic E-state index is 0. The molecular weight excluding hydrogens is 365 g/mol. The van der Waals surface area contributed by atoms with Crippen LogP contribution in [0.25, 0.3) is 0 Å². The van der Waals surface area contributed by atoms with Crippen LogP contribution in [0, 0.1) is 0 Å². The van der Waals surface area contributed by atoms with Crippen molar-refractivity contribution in [1.29, 1.82) is 0 Å². The fourth-order valence-corrected chi connectivity index (χ4v) is 1.93. The molecule has 4 nitrogen and oxygen atoms in total. The number of nitrogens with one attached hydrogen (secondary N) is 1. The number of rotatable bonds is 5. The summed E-state index contributed by atoms with van der Waals surface area (Å²) in [6, 6.07) is 8.35. The van der Waals surface area contributed by atoms with Crippen molar-refractivity contribution < 1.29 is 4.74 Å². The Morgan fingerprint density at radius 2 is 2.10 bits per heavy atom. The molecule has 0 radical (unpaired) electrons. The molecule has 2 rings (SSSR count). The number of hydrogen-bond acceptors (Lipinski definition) is 2. The van der Waals surface area contributed by atoms with Gasteiger partial charge in [-0.2, -0.15) is 0 Å². The quantitative estimate of drug-likeness (QED) is 0.462. The van der Waals surface area contributed by atoms with Gasteiger partial charge in [-0.1, -0.05) is 18.2 Å². The largest absolute Gasteiger partial charge is 0.490 e. The van der Waals surface area contributed by atoms with Crippen molar-refractivity contribution in [1.82, 2.24) is 5.32 Å². The Morgan fingerprint density at radius 1 is 1.40 bits per heavy atom. The predicted molar refractivity (Wildman–Crippen MR) is 93.7 cm³/mol. The van der Waals surface area contributed by atoms with Gasteiger partial charge in [0.25, 0.3) is 0 Å². The number of nitrogens with two attached hydrogens (primary N) is 1. The van der Waals surface area contributed by atoms with Crippen LogP contribution in [-0.2, 0) is 6.54 Å². The van der Waals surface area contributed by atoms with Gasteiger partial charge in [0.05, 0.1) is 12.6 Å². The first-order chi connectivity index (χ1) is 9.15. The van der Waals surface area contributed by atoms with Crippen LogP contribution < -0.4 is 15.8 Å². The van der Waals surface area contributed by atoms with Gasteiger partial charge in [-0.05, 0) is 39.2 Å². The summed E-state index contributed by atoms with van der Waals surface area (Å²) < 4.78 is 5.96. The second-order valence-corrected chi connectivity index (χ2v) is 5.28. The number of hydrogen-bond donors (Lipinski definition) is 2. The van der Waals surface area contributed by atoms with Crippen LogP contribution in [0.1, 0.15) is 38.7 Å². The van der Waals surface area contributed by atoms with Crippen LogP contribution in [0.5, 0.6) is 5.75 Å². The monoisotopic (exact) mass is 389 g/mol. The van der Waals surface area contributed by atoms with E-state index in [0.717, 1.165) is 24.2 Å². The lowest BCUT2D eigenvalue weighted by molar-refractivity contribution is 0.119. The summed E-state index contributed by atoms with van der Waals surface area (Å²) in [7, 11) is 0. The van der Waals surface area contributed by atoms with Gasteiger partial charge < -0.3 is 15.8 Å². The predicted octanol–water partition coefficient (Wildman–Crippen LogP) is 3.05. The molecule has 1 aromatic carbocycles. The Bertz CT molecular complexity index is 444. The molecule has 0 spiro atoms. The molecule has 112 valence electrons. The molecule has 0 bridgehead atoms. The van der Waals surface area contributed by atoms with Crippen LogP contribution in [0.3, 0.4) is 0 Å². The van der Waals surface area contributed by atoms with Gasteiger partial charge >= 0.3 is 0 Å². The zero-order valence-corrected chi connectivity index (χ0v) is 14.5. The number of nitrogens with zero attached hydrogens (tertiary/aromatic N) is 1. The van der Waals surface area contributed by atoms with Crippen LogP contribution in [0.4, 0.5) is 0 Å². The van der Waals surface area contributed by atoms with Crippen LogP contribution in [0.2, 0.25) is 0 Å². The molecule has 3 N–H and O–H groups in total. The lowest BCUT2D eigenvalue weighted by Crippen LogP contribution is -2.36. The lowest BCUT2D eigenvalue weighted by atomic mass is 9.96. The maximum Gasteiger partial charge on any atom is 0.189 e. The minimum absolute atomic E-state index is 0. The first kappa shape index (κ1) is 17.1. The number of halogens is 1. The number of benzene rings is 1. The van der Waals surface area contributed by atoms with Crippen molar-refractivity contribution in [2.24, 2.45) is 10.7 Å². The zero-order valence-electron chi connectivity index (χ0n) is 12.1. The summed E-state index contributed by atoms with van der Waals surface area (Å²) in [4.78, 5) is 4.35. The third-order valence-electron chi connectivity index (χ3n) is 3.17. The maximum absolute atomic E-state index is 5.96. The standard InChI is InChI=1S/C15H23N3O.HI/c1-11(2)18-15(16)17-10-12-6-3-4-9-14(12)19-13-7-5-8-13;/h3-4,6,9,11,13H,5,7-8,10H2,1-2H3,(H3,16,17,18);1H. The number of para-hydroxylation sites is 1. The van der Waals surface area contributed by atoms with Gasteiger partial charge in [0.1, 0.15) is 5.75 Å². The summed E-state index contributed by atoms with van der Waals surface area (Å²) in [5, 5.41) is 3.08. The average Bonchev–Trinajstić information content (AvgIpc) is 2.31. The highest BCUT2D eigenvalue weighted by molar-refractivity contribution is 14.0. The Hall–Kier alpha value is -0.980. The summed E-state index contributed by atoms with van der Waals surface area (Å²) in [6.07, 6.45) is 3.98. The molecule has 0 saturated heterocycles. The number of aliphatic imine (C=N–C) groups is 1. The SMILES string of the molecule is CC(C)NC(N)=NCc1ccccc1OC1CCC1.I. The first-order valence-corrected chi connectivity index (χ1v) is 6.96. The summed E-state index contributed by atoms with van der Waals surface area (Å²) >= 11 is 0. The molecule has 1 saturated carbocycles. The highest BCUT2D eigenvalue weighted by Gasteiger charge is 2.19. The van der Waals surface area contributed by atoms with Crippen LogP contribution >= 0.6 is 24.0 Å². The van der Waals surface area contributed by atoms with Gasteiger partial charge in [-0.15, -0.1) is 24.0 Å². The summed E-state index contributed by atoms with van der Waals surface area (Å²) in [6.45, 7) is 4.63. The van der Waals surface area contributed by atoms with Gasteiger partial charge in [0, 0.05) is 11.6 Å². The Balaban J connectivity index is 0.00000200. The van der Waals surface area contributed by atoms with Crippen LogP contribution in [-0.4, -0.2) is 18.1 Å². The molecule has 5 heteroatoms. The summed E-state index contributed by atoms with van der Waals surface area (Å²) in [5.74, 6) is 1.42. The molecule has 0 aliphatic heterocycles. The molecular formula is C15H24IN3O. The molecule has 0 amide bonds. The molecule has 20 heavy (non-hydrogen) atoms. The van der Waals surface area contributed by atoms with Crippen molar-refractivity contribution >= 4 is 29.9 Å². The highest BCUT2D eigenvalue weighted by atomic mass is 127. The topological polar surface area (TPSA) is 59.6 Å². The smallest absolute Gasteiger partial charge is 0.189 e. The zero-order chi connectivity index (χ0) is 13.7. The molecule has 0 aromatic heterocycles. The molecule has 0 heterocycles. The fraction of sp³-hybridized carbons (Fsp3) is 0.533. The van der Waals surface area contributed by atoms with Crippen LogP contribution in [0.15, 0.2) is 29.3 Å². The fourth-order valence-electron chi connectivity index (χ4n) is 1.93. The molecule has 1 aliphatic carbocycles. The Kier molecular flexibility index (Phi) is 7.12. The lowest BCUT2D eigenvalue weighted by Gasteiger charge is -2.27. The number of ether oxygens (including phenoxy) is 1. The molecule has 0 atom stereocenters. The van der Waals surface area contributed by atoms with Crippen molar-refractivity contribution in [3.05, 3.63) is 29.8 Å². The number of guanidine groups is 1. The Labute approximate surface area is 138 Å². The third kappa shape index (κ3) is 5.19. The van der Waals surface area contributed by atoms with Crippen molar-refractivity contribution in [2.45, 2.75) is 51.8 Å². The second-order valence-electron chi connectivity index (χ2n) is 5.28. The third-order valence-corrected chi connectivity index (χ3v) is 3.17. The van der Waals surface area contributed by atoms with E-state index in [4.69, 9.17) is 10.5 Å². The molecule has 1 aliphatic rings. The normalized spacial score (nSPS) is 15.4. The molecule has 1 aromatic rings. The molecule has 1 fully saturated rings. The highest BCUT2D eigenvalue weighted by Crippen LogP contribution is 2.27. The summed E-state index contributed by atoms with van der Waals surface area (Å²) in [5.41, 5.74) is 6.90. The van der Waals surface area contributed by atoms with E-state index in [1.165, 1.54) is 6.42 Å². The maximum atomic E-state index is 5.96. The minimum Gasteiger partial charge on any atom is -0.490 e. The molecule has 0 unspecified atom stereocenters. The van der Waals surface area contributed by atoms with Gasteiger partial charge in [-0.3, -0.25) is 0 Å². The van der Waals surface area contributed by atoms with E-state index in [1.807, 2.05) is 38.1 Å². The van der Waals surface area contributed by atoms with E-state index < -0.39 is 0 Å². The second kappa shape index (κ2) is 8.34. The van der Waals surface area contributed by atoms with Gasteiger partial charge in [0.15, 0.2) is 5.96 Å². The van der Waals surface area contributed by atoms with Crippen molar-refractivity contribution in [2.75, 3.05) is 0 Å². The van der Waals surface area contributed by atoms with E-state index in [9.17, 15) is 0 Å². The van der Waals surface area contributed by atoms with Crippen molar-refractivity contribution in [3.8, 4) is 5.75 Å². The van der Waals surface area contributed by atoms with Gasteiger partial charge in [0.2, 0.25) is 0 Å². The Morgan fingerprint density at radius 3 is 2.70 bits per heavy atom. The van der Waals surface area contributed by atoms with Gasteiger partial charge in [-0.25, -0.2) is 4.99 Å². The van der Waals surface area contributed by atoms with E-state index in [-0.39, 0.29) is 24.0 Å². The average molecular weight is 389 g/mol.